The van der Waals surface area contributed by atoms with Crippen LogP contribution in [-0.4, -0.2) is 17.4 Å². The highest BCUT2D eigenvalue weighted by molar-refractivity contribution is 7.99. The number of carbonyl (C=O) groups is 1. The summed E-state index contributed by atoms with van der Waals surface area (Å²) in [6.07, 6.45) is 1.70. The minimum absolute atomic E-state index is 0.0682. The second-order valence-corrected chi connectivity index (χ2v) is 6.92. The van der Waals surface area contributed by atoms with E-state index in [-0.39, 0.29) is 11.2 Å². The lowest BCUT2D eigenvalue weighted by molar-refractivity contribution is -0.120. The van der Waals surface area contributed by atoms with Crippen LogP contribution in [0.5, 0.6) is 0 Å². The average Bonchev–Trinajstić information content (AvgIpc) is 2.91. The highest BCUT2D eigenvalue weighted by Crippen LogP contribution is 2.17. The number of thioether (sulfide) groups is 1. The summed E-state index contributed by atoms with van der Waals surface area (Å²) < 4.78 is 0. The summed E-state index contributed by atoms with van der Waals surface area (Å²) in [6, 6.07) is 12.2. The molecule has 0 radical (unpaired) electrons. The number of benzene rings is 1. The monoisotopic (exact) mass is 318 g/mol. The van der Waals surface area contributed by atoms with E-state index in [4.69, 9.17) is 0 Å². The third kappa shape index (κ3) is 5.02. The van der Waals surface area contributed by atoms with Crippen molar-refractivity contribution in [3.8, 4) is 0 Å². The minimum Gasteiger partial charge on any atom is -0.272 e. The number of nitrogens with one attached hydrogen (secondary N) is 1. The fourth-order valence-corrected chi connectivity index (χ4v) is 3.26. The van der Waals surface area contributed by atoms with Crippen molar-refractivity contribution in [2.75, 3.05) is 0 Å². The molecule has 0 fully saturated rings. The van der Waals surface area contributed by atoms with Crippen LogP contribution in [0, 0.1) is 6.92 Å². The number of hydrogen-bond acceptors (Lipinski definition) is 4. The van der Waals surface area contributed by atoms with Gasteiger partial charge in [-0.25, -0.2) is 5.43 Å². The molecule has 1 amide bonds. The topological polar surface area (TPSA) is 41.5 Å². The molecule has 1 aromatic heterocycles. The van der Waals surface area contributed by atoms with Crippen molar-refractivity contribution < 1.29 is 4.79 Å². The second-order valence-electron chi connectivity index (χ2n) is 4.64. The van der Waals surface area contributed by atoms with Crippen molar-refractivity contribution >= 4 is 35.2 Å². The van der Waals surface area contributed by atoms with E-state index in [1.54, 1.807) is 29.3 Å². The molecule has 1 N–H and O–H groups in total. The lowest BCUT2D eigenvalue weighted by Gasteiger charge is -2.09. The largest absolute Gasteiger partial charge is 0.272 e. The van der Waals surface area contributed by atoms with Crippen molar-refractivity contribution in [1.29, 1.82) is 0 Å². The standard InChI is InChI=1S/C16H18N2OS2/c1-12-8-9-20-15(12)10-17-18-16(19)13(2)21-11-14-6-4-3-5-7-14/h3-10,13H,11H2,1-2H3,(H,18,19)/b17-10-/t13-/m0/s1. The maximum Gasteiger partial charge on any atom is 0.252 e. The van der Waals surface area contributed by atoms with E-state index in [9.17, 15) is 4.79 Å². The van der Waals surface area contributed by atoms with Gasteiger partial charge in [-0.05, 0) is 36.4 Å². The number of hydrazone groups is 1. The Labute approximate surface area is 133 Å². The molecule has 110 valence electrons. The molecule has 3 nitrogen and oxygen atoms in total. The predicted molar refractivity (Wildman–Crippen MR) is 92.0 cm³/mol. The van der Waals surface area contributed by atoms with Gasteiger partial charge in [0.25, 0.3) is 5.91 Å². The second kappa shape index (κ2) is 8.00. The van der Waals surface area contributed by atoms with E-state index < -0.39 is 0 Å². The molecule has 0 saturated carbocycles. The van der Waals surface area contributed by atoms with Crippen molar-refractivity contribution in [2.24, 2.45) is 5.10 Å². The number of carbonyl (C=O) groups excluding carboxylic acids is 1. The third-order valence-corrected chi connectivity index (χ3v) is 5.14. The van der Waals surface area contributed by atoms with Gasteiger partial charge in [-0.15, -0.1) is 23.1 Å². The molecule has 1 atom stereocenters. The van der Waals surface area contributed by atoms with Gasteiger partial charge in [-0.3, -0.25) is 4.79 Å². The van der Waals surface area contributed by atoms with Crippen LogP contribution in [0.25, 0.3) is 0 Å². The number of amides is 1. The lowest BCUT2D eigenvalue weighted by Crippen LogP contribution is -2.26. The molecule has 0 saturated heterocycles. The molecule has 0 bridgehead atoms. The Bertz CT molecular complexity index is 608. The first kappa shape index (κ1) is 15.8. The van der Waals surface area contributed by atoms with E-state index in [0.29, 0.717) is 0 Å². The Kier molecular flexibility index (Phi) is 6.02. The molecule has 0 aliphatic heterocycles. The van der Waals surface area contributed by atoms with Gasteiger partial charge >= 0.3 is 0 Å². The first-order valence-electron chi connectivity index (χ1n) is 6.69. The van der Waals surface area contributed by atoms with Gasteiger partial charge in [-0.2, -0.15) is 5.10 Å². The molecule has 1 heterocycles. The summed E-state index contributed by atoms with van der Waals surface area (Å²) >= 11 is 3.22. The fourth-order valence-electron chi connectivity index (χ4n) is 1.63. The smallest absolute Gasteiger partial charge is 0.252 e. The van der Waals surface area contributed by atoms with Crippen LogP contribution in [-0.2, 0) is 10.5 Å². The Morgan fingerprint density at radius 2 is 2.14 bits per heavy atom. The Hall–Kier alpha value is -1.59. The number of nitrogens with zero attached hydrogens (tertiary/aromatic N) is 1. The van der Waals surface area contributed by atoms with Gasteiger partial charge in [-0.1, -0.05) is 30.3 Å². The summed E-state index contributed by atoms with van der Waals surface area (Å²) in [7, 11) is 0. The zero-order chi connectivity index (χ0) is 15.1. The highest BCUT2D eigenvalue weighted by atomic mass is 32.2. The number of rotatable bonds is 6. The summed E-state index contributed by atoms with van der Waals surface area (Å²) in [6.45, 7) is 3.92. The van der Waals surface area contributed by atoms with E-state index in [1.807, 2.05) is 43.5 Å². The Morgan fingerprint density at radius 1 is 1.38 bits per heavy atom. The first-order valence-corrected chi connectivity index (χ1v) is 8.62. The summed E-state index contributed by atoms with van der Waals surface area (Å²) in [5.74, 6) is 0.754. The minimum atomic E-state index is -0.133. The summed E-state index contributed by atoms with van der Waals surface area (Å²) in [5.41, 5.74) is 4.99. The van der Waals surface area contributed by atoms with E-state index >= 15 is 0 Å². The van der Waals surface area contributed by atoms with Crippen LogP contribution in [0.2, 0.25) is 0 Å². The van der Waals surface area contributed by atoms with Gasteiger partial charge in [0.05, 0.1) is 11.5 Å². The quantitative estimate of drug-likeness (QED) is 0.649. The van der Waals surface area contributed by atoms with E-state index in [0.717, 1.165) is 10.6 Å². The van der Waals surface area contributed by atoms with Crippen LogP contribution in [0.3, 0.4) is 0 Å². The van der Waals surface area contributed by atoms with E-state index in [2.05, 4.69) is 22.7 Å². The van der Waals surface area contributed by atoms with Gasteiger partial charge in [0.1, 0.15) is 0 Å². The SMILES string of the molecule is Cc1ccsc1/C=N\NC(=O)[C@H](C)SCc1ccccc1. The van der Waals surface area contributed by atoms with Crippen LogP contribution in [0.1, 0.15) is 22.9 Å². The van der Waals surface area contributed by atoms with Crippen LogP contribution >= 0.6 is 23.1 Å². The zero-order valence-electron chi connectivity index (χ0n) is 12.1. The Balaban J connectivity index is 1.77. The first-order chi connectivity index (χ1) is 10.2. The molecule has 2 aromatic rings. The number of aryl methyl sites for hydroxylation is 1. The van der Waals surface area contributed by atoms with Crippen LogP contribution in [0.15, 0.2) is 46.9 Å². The van der Waals surface area contributed by atoms with Gasteiger partial charge in [0.15, 0.2) is 0 Å². The molecule has 21 heavy (non-hydrogen) atoms. The van der Waals surface area contributed by atoms with Gasteiger partial charge in [0, 0.05) is 10.6 Å². The van der Waals surface area contributed by atoms with Crippen molar-refractivity contribution in [3.63, 3.8) is 0 Å². The molecule has 5 heteroatoms. The maximum absolute atomic E-state index is 11.9. The zero-order valence-corrected chi connectivity index (χ0v) is 13.7. The fraction of sp³-hybridized carbons (Fsp3) is 0.250. The molecular weight excluding hydrogens is 300 g/mol. The number of thiophene rings is 1. The van der Waals surface area contributed by atoms with Crippen molar-refractivity contribution in [3.05, 3.63) is 57.8 Å². The lowest BCUT2D eigenvalue weighted by atomic mass is 10.2. The molecule has 0 unspecified atom stereocenters. The van der Waals surface area contributed by atoms with Crippen LogP contribution in [0.4, 0.5) is 0 Å². The summed E-state index contributed by atoms with van der Waals surface area (Å²) in [5, 5.41) is 5.90. The predicted octanol–water partition coefficient (Wildman–Crippen LogP) is 3.83. The molecular formula is C16H18N2OS2. The molecule has 2 rings (SSSR count). The van der Waals surface area contributed by atoms with Gasteiger partial charge in [0.2, 0.25) is 0 Å². The van der Waals surface area contributed by atoms with Crippen molar-refractivity contribution in [1.82, 2.24) is 5.43 Å². The van der Waals surface area contributed by atoms with Crippen LogP contribution < -0.4 is 5.43 Å². The third-order valence-electron chi connectivity index (χ3n) is 2.97. The Morgan fingerprint density at radius 3 is 2.81 bits per heavy atom. The van der Waals surface area contributed by atoms with Gasteiger partial charge < -0.3 is 0 Å². The van der Waals surface area contributed by atoms with E-state index in [1.165, 1.54) is 11.1 Å². The molecule has 0 spiro atoms. The molecule has 0 aliphatic carbocycles. The maximum atomic E-state index is 11.9. The summed E-state index contributed by atoms with van der Waals surface area (Å²) in [4.78, 5) is 13.0. The average molecular weight is 318 g/mol. The molecule has 1 aromatic carbocycles. The molecule has 0 aliphatic rings. The van der Waals surface area contributed by atoms with Crippen molar-refractivity contribution in [2.45, 2.75) is 24.9 Å². The highest BCUT2D eigenvalue weighted by Gasteiger charge is 2.12. The normalized spacial score (nSPS) is 12.5. The number of hydrogen-bond donors (Lipinski definition) is 1.